The van der Waals surface area contributed by atoms with Gasteiger partial charge in [-0.3, -0.25) is 4.79 Å². The van der Waals surface area contributed by atoms with Gasteiger partial charge in [-0.2, -0.15) is 0 Å². The maximum absolute atomic E-state index is 13.6. The van der Waals surface area contributed by atoms with E-state index >= 15 is 0 Å². The molecule has 3 aromatic rings. The predicted octanol–water partition coefficient (Wildman–Crippen LogP) is 4.87. The summed E-state index contributed by atoms with van der Waals surface area (Å²) in [5.74, 6) is 2.10. The van der Waals surface area contributed by atoms with Crippen LogP contribution in [0.4, 0.5) is 0 Å². The first-order chi connectivity index (χ1) is 14.6. The highest BCUT2D eigenvalue weighted by Crippen LogP contribution is 2.42. The SMILES string of the molecule is COc1cc(C(=O)N2CCc3cc(OC)c(OC)cc3C2c2cccs2)ccc1C. The summed E-state index contributed by atoms with van der Waals surface area (Å²) in [5, 5.41) is 2.04. The molecular weight excluding hydrogens is 398 g/mol. The van der Waals surface area contributed by atoms with Crippen LogP contribution in [0.3, 0.4) is 0 Å². The van der Waals surface area contributed by atoms with Crippen molar-refractivity contribution in [3.63, 3.8) is 0 Å². The van der Waals surface area contributed by atoms with Crippen molar-refractivity contribution in [3.8, 4) is 17.2 Å². The molecule has 1 aliphatic heterocycles. The first kappa shape index (κ1) is 20.3. The molecule has 1 atom stereocenters. The lowest BCUT2D eigenvalue weighted by molar-refractivity contribution is 0.0696. The van der Waals surface area contributed by atoms with Crippen LogP contribution in [0, 0.1) is 6.92 Å². The number of ether oxygens (including phenoxy) is 3. The molecule has 2 aromatic carbocycles. The van der Waals surface area contributed by atoms with Crippen LogP contribution in [-0.4, -0.2) is 38.7 Å². The van der Waals surface area contributed by atoms with Crippen LogP contribution in [0.25, 0.3) is 0 Å². The predicted molar refractivity (Wildman–Crippen MR) is 118 cm³/mol. The highest BCUT2D eigenvalue weighted by atomic mass is 32.1. The number of rotatable bonds is 5. The van der Waals surface area contributed by atoms with Crippen LogP contribution >= 0.6 is 11.3 Å². The smallest absolute Gasteiger partial charge is 0.254 e. The minimum atomic E-state index is -0.173. The maximum Gasteiger partial charge on any atom is 0.254 e. The van der Waals surface area contributed by atoms with Crippen molar-refractivity contribution in [2.75, 3.05) is 27.9 Å². The molecule has 1 amide bonds. The van der Waals surface area contributed by atoms with Gasteiger partial charge in [-0.05, 0) is 65.7 Å². The second-order valence-corrected chi connectivity index (χ2v) is 8.24. The second-order valence-electron chi connectivity index (χ2n) is 7.26. The molecule has 0 bridgehead atoms. The van der Waals surface area contributed by atoms with Gasteiger partial charge in [-0.1, -0.05) is 12.1 Å². The number of hydrogen-bond acceptors (Lipinski definition) is 5. The van der Waals surface area contributed by atoms with Crippen LogP contribution in [0.2, 0.25) is 0 Å². The number of carbonyl (C=O) groups excluding carboxylic acids is 1. The fourth-order valence-electron chi connectivity index (χ4n) is 4.04. The third kappa shape index (κ3) is 3.52. The summed E-state index contributed by atoms with van der Waals surface area (Å²) in [5.41, 5.74) is 3.89. The molecule has 0 saturated carbocycles. The summed E-state index contributed by atoms with van der Waals surface area (Å²) in [4.78, 5) is 16.7. The van der Waals surface area contributed by atoms with Crippen molar-refractivity contribution >= 4 is 17.2 Å². The molecule has 1 aliphatic rings. The fourth-order valence-corrected chi connectivity index (χ4v) is 4.89. The van der Waals surface area contributed by atoms with Gasteiger partial charge >= 0.3 is 0 Å². The molecule has 0 N–H and O–H groups in total. The van der Waals surface area contributed by atoms with Gasteiger partial charge in [0, 0.05) is 17.0 Å². The molecule has 0 aliphatic carbocycles. The molecule has 2 heterocycles. The summed E-state index contributed by atoms with van der Waals surface area (Å²) < 4.78 is 16.5. The summed E-state index contributed by atoms with van der Waals surface area (Å²) in [7, 11) is 4.90. The highest BCUT2D eigenvalue weighted by molar-refractivity contribution is 7.10. The molecule has 4 rings (SSSR count). The van der Waals surface area contributed by atoms with E-state index in [4.69, 9.17) is 14.2 Å². The van der Waals surface area contributed by atoms with Crippen LogP contribution in [0.5, 0.6) is 17.2 Å². The van der Waals surface area contributed by atoms with Gasteiger partial charge in [-0.25, -0.2) is 0 Å². The van der Waals surface area contributed by atoms with E-state index in [9.17, 15) is 4.79 Å². The van der Waals surface area contributed by atoms with Gasteiger partial charge < -0.3 is 19.1 Å². The monoisotopic (exact) mass is 423 g/mol. The van der Waals surface area contributed by atoms with Crippen LogP contribution in [0.1, 0.15) is 38.0 Å². The number of benzene rings is 2. The zero-order valence-corrected chi connectivity index (χ0v) is 18.4. The fraction of sp³-hybridized carbons (Fsp3) is 0.292. The number of fused-ring (bicyclic) bond motifs is 1. The number of hydrogen-bond donors (Lipinski definition) is 0. The van der Waals surface area contributed by atoms with E-state index in [-0.39, 0.29) is 11.9 Å². The van der Waals surface area contributed by atoms with Gasteiger partial charge in [-0.15, -0.1) is 11.3 Å². The molecule has 0 spiro atoms. The number of thiophene rings is 1. The average molecular weight is 424 g/mol. The quantitative estimate of drug-likeness (QED) is 0.587. The van der Waals surface area contributed by atoms with Gasteiger partial charge in [0.15, 0.2) is 11.5 Å². The first-order valence-electron chi connectivity index (χ1n) is 9.81. The lowest BCUT2D eigenvalue weighted by atomic mass is 9.90. The van der Waals surface area contributed by atoms with Crippen molar-refractivity contribution in [2.45, 2.75) is 19.4 Å². The average Bonchev–Trinajstić information content (AvgIpc) is 3.31. The Bertz CT molecular complexity index is 1060. The standard InChI is InChI=1S/C24H25NO4S/c1-15-7-8-17(13-19(15)27-2)24(26)25-10-9-16-12-20(28-3)21(29-4)14-18(16)23(25)22-6-5-11-30-22/h5-8,11-14,23H,9-10H2,1-4H3. The molecule has 30 heavy (non-hydrogen) atoms. The van der Waals surface area contributed by atoms with E-state index in [1.807, 2.05) is 53.6 Å². The van der Waals surface area contributed by atoms with Gasteiger partial charge in [0.1, 0.15) is 5.75 Å². The summed E-state index contributed by atoms with van der Waals surface area (Å²) in [6.45, 7) is 2.60. The Morgan fingerprint density at radius 1 is 1.00 bits per heavy atom. The molecule has 1 aromatic heterocycles. The van der Waals surface area contributed by atoms with Crippen molar-refractivity contribution in [2.24, 2.45) is 0 Å². The molecule has 5 nitrogen and oxygen atoms in total. The second kappa shape index (κ2) is 8.40. The topological polar surface area (TPSA) is 48.0 Å². The van der Waals surface area contributed by atoms with Crippen molar-refractivity contribution in [1.82, 2.24) is 4.90 Å². The Kier molecular flexibility index (Phi) is 5.68. The Morgan fingerprint density at radius 3 is 2.40 bits per heavy atom. The highest BCUT2D eigenvalue weighted by Gasteiger charge is 2.34. The molecule has 0 fully saturated rings. The summed E-state index contributed by atoms with van der Waals surface area (Å²) in [6, 6.07) is 13.6. The van der Waals surface area contributed by atoms with Gasteiger partial charge in [0.25, 0.3) is 5.91 Å². The van der Waals surface area contributed by atoms with E-state index in [1.165, 1.54) is 5.56 Å². The first-order valence-corrected chi connectivity index (χ1v) is 10.7. The molecule has 0 radical (unpaired) electrons. The molecule has 1 unspecified atom stereocenters. The van der Waals surface area contributed by atoms with Gasteiger partial charge in [0.2, 0.25) is 0 Å². The minimum Gasteiger partial charge on any atom is -0.496 e. The zero-order chi connectivity index (χ0) is 21.3. The van der Waals surface area contributed by atoms with Crippen molar-refractivity contribution < 1.29 is 19.0 Å². The Hall–Kier alpha value is -2.99. The van der Waals surface area contributed by atoms with E-state index < -0.39 is 0 Å². The lowest BCUT2D eigenvalue weighted by Gasteiger charge is -2.37. The number of methoxy groups -OCH3 is 3. The van der Waals surface area contributed by atoms with Crippen molar-refractivity contribution in [3.05, 3.63) is 75.0 Å². The van der Waals surface area contributed by atoms with Gasteiger partial charge in [0.05, 0.1) is 27.4 Å². The number of aryl methyl sites for hydroxylation is 1. The molecular formula is C24H25NO4S. The maximum atomic E-state index is 13.6. The van der Waals surface area contributed by atoms with E-state index in [0.717, 1.165) is 28.2 Å². The third-order valence-corrected chi connectivity index (χ3v) is 6.53. The summed E-state index contributed by atoms with van der Waals surface area (Å²) in [6.07, 6.45) is 0.756. The van der Waals surface area contributed by atoms with E-state index in [1.54, 1.807) is 32.7 Å². The number of amides is 1. The normalized spacial score (nSPS) is 15.5. The Labute approximate surface area is 180 Å². The van der Waals surface area contributed by atoms with E-state index in [2.05, 4.69) is 6.07 Å². The number of nitrogens with zero attached hydrogens (tertiary/aromatic N) is 1. The van der Waals surface area contributed by atoms with Crippen LogP contribution < -0.4 is 14.2 Å². The van der Waals surface area contributed by atoms with E-state index in [0.29, 0.717) is 23.6 Å². The third-order valence-electron chi connectivity index (χ3n) is 5.60. The Morgan fingerprint density at radius 2 is 1.73 bits per heavy atom. The van der Waals surface area contributed by atoms with Crippen LogP contribution in [-0.2, 0) is 6.42 Å². The minimum absolute atomic E-state index is 0.00728. The zero-order valence-electron chi connectivity index (χ0n) is 17.6. The Balaban J connectivity index is 1.80. The largest absolute Gasteiger partial charge is 0.496 e. The molecule has 156 valence electrons. The molecule has 6 heteroatoms. The summed E-state index contributed by atoms with van der Waals surface area (Å²) >= 11 is 1.65. The van der Waals surface area contributed by atoms with Crippen LogP contribution in [0.15, 0.2) is 47.8 Å². The van der Waals surface area contributed by atoms with Crippen molar-refractivity contribution in [1.29, 1.82) is 0 Å². The lowest BCUT2D eigenvalue weighted by Crippen LogP contribution is -2.40. The molecule has 0 saturated heterocycles. The number of carbonyl (C=O) groups is 1.